The van der Waals surface area contributed by atoms with E-state index in [1.165, 1.54) is 0 Å². The molecule has 1 aromatic carbocycles. The van der Waals surface area contributed by atoms with Crippen molar-refractivity contribution in [1.82, 2.24) is 10.3 Å². The van der Waals surface area contributed by atoms with Crippen molar-refractivity contribution in [3.63, 3.8) is 0 Å². The number of nitrogens with zero attached hydrogens (tertiary/aromatic N) is 1. The largest absolute Gasteiger partial charge is 2.00 e. The molecule has 1 N–H and O–H groups in total. The maximum Gasteiger partial charge on any atom is 2.00 e. The Balaban J connectivity index is 0.000000325. The average Bonchev–Trinajstić information content (AvgIpc) is 3.35. The zero-order chi connectivity index (χ0) is 16.6. The Morgan fingerprint density at radius 2 is 1.48 bits per heavy atom. The van der Waals surface area contributed by atoms with Gasteiger partial charge in [0, 0.05) is 17.8 Å². The molecule has 2 aliphatic carbocycles. The first kappa shape index (κ1) is 19.9. The first-order valence-electron chi connectivity index (χ1n) is 7.84. The Morgan fingerprint density at radius 3 is 2.16 bits per heavy atom. The summed E-state index contributed by atoms with van der Waals surface area (Å²) < 4.78 is 0. The third kappa shape index (κ3) is 6.13. The topological polar surface area (TPSA) is 42.0 Å². The molecule has 25 heavy (non-hydrogen) atoms. The molecule has 4 rings (SSSR count). The molecule has 0 aliphatic heterocycles. The normalized spacial score (nSPS) is 16.8. The van der Waals surface area contributed by atoms with E-state index in [2.05, 4.69) is 10.3 Å². The van der Waals surface area contributed by atoms with Gasteiger partial charge in [0.05, 0.1) is 5.52 Å². The summed E-state index contributed by atoms with van der Waals surface area (Å²) in [4.78, 5) is 16.4. The van der Waals surface area contributed by atoms with Gasteiger partial charge in [0.2, 0.25) is 0 Å². The standard InChI is InChI=1S/C16H13N2O.C5H5.Fe/c19-16(17-11-12-5-1-2-6-12)15-10-9-13-7-3-4-8-14(13)18-15;1-2-4-5-3-1;/h1-10H,11H2,(H,17,19);1-5H;/q;;+2. The molecule has 1 aromatic heterocycles. The Kier molecular flexibility index (Phi) is 8.43. The zero-order valence-corrected chi connectivity index (χ0v) is 14.7. The van der Waals surface area contributed by atoms with Crippen molar-refractivity contribution in [2.45, 2.75) is 0 Å². The minimum Gasteiger partial charge on any atom is -0.350 e. The number of amides is 1. The Hall–Kier alpha value is -1.38. The van der Waals surface area contributed by atoms with E-state index in [4.69, 9.17) is 0 Å². The average molecular weight is 370 g/mol. The fourth-order valence-electron chi connectivity index (χ4n) is 2.32. The number of carbonyl (C=O) groups excluding carboxylic acids is 1. The molecule has 2 aromatic rings. The second kappa shape index (κ2) is 10.6. The summed E-state index contributed by atoms with van der Waals surface area (Å²) in [5.74, 6) is 0.945. The molecule has 0 atom stereocenters. The molecule has 2 saturated carbocycles. The molecule has 0 spiro atoms. The molecular weight excluding hydrogens is 352 g/mol. The van der Waals surface area contributed by atoms with Gasteiger partial charge in [0.15, 0.2) is 0 Å². The maximum absolute atomic E-state index is 12.0. The maximum atomic E-state index is 12.0. The van der Waals surface area contributed by atoms with Crippen LogP contribution in [0.3, 0.4) is 0 Å². The number of carbonyl (C=O) groups is 1. The van der Waals surface area contributed by atoms with E-state index in [1.54, 1.807) is 6.07 Å². The van der Waals surface area contributed by atoms with Gasteiger partial charge in [-0.2, -0.15) is 0 Å². The van der Waals surface area contributed by atoms with Crippen LogP contribution < -0.4 is 5.32 Å². The summed E-state index contributed by atoms with van der Waals surface area (Å²) in [6.07, 6.45) is 17.9. The van der Waals surface area contributed by atoms with Gasteiger partial charge in [0.1, 0.15) is 5.69 Å². The third-order valence-electron chi connectivity index (χ3n) is 3.57. The summed E-state index contributed by atoms with van der Waals surface area (Å²) in [5, 5.41) is 3.90. The molecule has 1 heterocycles. The van der Waals surface area contributed by atoms with E-state index in [0.29, 0.717) is 12.2 Å². The predicted octanol–water partition coefficient (Wildman–Crippen LogP) is 3.39. The van der Waals surface area contributed by atoms with E-state index in [-0.39, 0.29) is 23.0 Å². The van der Waals surface area contributed by atoms with Crippen LogP contribution >= 0.6 is 0 Å². The smallest absolute Gasteiger partial charge is 0.350 e. The SMILES string of the molecule is O=C(NC[C]1[CH][CH][CH][CH]1)c1ccc2ccccc2n1.[CH]1[CH][CH][CH][CH]1.[Fe+2]. The molecule has 10 radical (unpaired) electrons. The van der Waals surface area contributed by atoms with Gasteiger partial charge in [-0.1, -0.05) is 24.3 Å². The fourth-order valence-corrected chi connectivity index (χ4v) is 2.32. The number of hydrogen-bond acceptors (Lipinski definition) is 2. The van der Waals surface area contributed by atoms with Crippen molar-refractivity contribution in [3.8, 4) is 0 Å². The fraction of sp³-hybridized carbons (Fsp3) is 0.0476. The Bertz CT molecular complexity index is 656. The van der Waals surface area contributed by atoms with Crippen LogP contribution in [0.4, 0.5) is 0 Å². The molecule has 1 amide bonds. The molecule has 124 valence electrons. The third-order valence-corrected chi connectivity index (χ3v) is 3.57. The van der Waals surface area contributed by atoms with Gasteiger partial charge in [0.25, 0.3) is 5.91 Å². The van der Waals surface area contributed by atoms with Gasteiger partial charge in [-0.15, -0.1) is 0 Å². The van der Waals surface area contributed by atoms with E-state index in [1.807, 2.05) is 88.1 Å². The Labute approximate surface area is 161 Å². The molecule has 0 saturated heterocycles. The van der Waals surface area contributed by atoms with Gasteiger partial charge in [-0.25, -0.2) is 4.98 Å². The number of benzene rings is 1. The second-order valence-corrected chi connectivity index (χ2v) is 5.33. The number of para-hydroxylation sites is 1. The molecule has 0 bridgehead atoms. The summed E-state index contributed by atoms with van der Waals surface area (Å²) >= 11 is 0. The van der Waals surface area contributed by atoms with Crippen LogP contribution in [-0.4, -0.2) is 17.4 Å². The molecule has 0 unspecified atom stereocenters. The van der Waals surface area contributed by atoms with Gasteiger partial charge in [-0.05, 0) is 69.9 Å². The van der Waals surface area contributed by atoms with E-state index in [9.17, 15) is 4.79 Å². The molecule has 4 heteroatoms. The summed E-state index contributed by atoms with van der Waals surface area (Å²) in [6, 6.07) is 11.4. The van der Waals surface area contributed by atoms with Crippen LogP contribution in [0.2, 0.25) is 0 Å². The molecular formula is C21H18FeN2O+2. The first-order valence-corrected chi connectivity index (χ1v) is 7.84. The van der Waals surface area contributed by atoms with Crippen molar-refractivity contribution in [2.24, 2.45) is 0 Å². The Morgan fingerprint density at radius 1 is 0.840 bits per heavy atom. The molecule has 2 fully saturated rings. The van der Waals surface area contributed by atoms with E-state index < -0.39 is 0 Å². The first-order chi connectivity index (χ1) is 11.8. The van der Waals surface area contributed by atoms with Gasteiger partial charge in [-0.3, -0.25) is 4.79 Å². The van der Waals surface area contributed by atoms with Gasteiger partial charge >= 0.3 is 17.1 Å². The van der Waals surface area contributed by atoms with Crippen molar-refractivity contribution in [1.29, 1.82) is 0 Å². The summed E-state index contributed by atoms with van der Waals surface area (Å²) in [6.45, 7) is 0.528. The minimum atomic E-state index is -0.146. The number of nitrogens with one attached hydrogen (secondary N) is 1. The summed E-state index contributed by atoms with van der Waals surface area (Å²) in [7, 11) is 0. The van der Waals surface area contributed by atoms with Crippen LogP contribution in [0.25, 0.3) is 10.9 Å². The second-order valence-electron chi connectivity index (χ2n) is 5.33. The van der Waals surface area contributed by atoms with Crippen LogP contribution in [0.15, 0.2) is 36.4 Å². The molecule has 3 nitrogen and oxygen atoms in total. The number of pyridine rings is 1. The van der Waals surface area contributed by atoms with Crippen molar-refractivity contribution in [2.75, 3.05) is 6.54 Å². The predicted molar refractivity (Wildman–Crippen MR) is 96.0 cm³/mol. The van der Waals surface area contributed by atoms with Crippen molar-refractivity contribution >= 4 is 16.8 Å². The minimum absolute atomic E-state index is 0. The van der Waals surface area contributed by atoms with Crippen LogP contribution in [-0.2, 0) is 17.1 Å². The summed E-state index contributed by atoms with van der Waals surface area (Å²) in [5.41, 5.74) is 1.29. The monoisotopic (exact) mass is 370 g/mol. The van der Waals surface area contributed by atoms with Crippen LogP contribution in [0.1, 0.15) is 10.5 Å². The number of rotatable bonds is 3. The molecule has 2 aliphatic rings. The quantitative estimate of drug-likeness (QED) is 0.842. The van der Waals surface area contributed by atoms with Gasteiger partial charge < -0.3 is 5.32 Å². The van der Waals surface area contributed by atoms with Crippen molar-refractivity contribution in [3.05, 3.63) is 106 Å². The van der Waals surface area contributed by atoms with E-state index >= 15 is 0 Å². The van der Waals surface area contributed by atoms with Crippen molar-refractivity contribution < 1.29 is 21.9 Å². The number of fused-ring (bicyclic) bond motifs is 1. The van der Waals surface area contributed by atoms with Crippen LogP contribution in [0.5, 0.6) is 0 Å². The number of hydrogen-bond donors (Lipinski definition) is 1. The zero-order valence-electron chi connectivity index (χ0n) is 13.6. The van der Waals surface area contributed by atoms with Crippen LogP contribution in [0, 0.1) is 63.7 Å². The van der Waals surface area contributed by atoms with E-state index in [0.717, 1.165) is 16.8 Å². The number of aromatic nitrogens is 1.